The van der Waals surface area contributed by atoms with Crippen LogP contribution in [0.3, 0.4) is 0 Å². The van der Waals surface area contributed by atoms with Crippen LogP contribution in [0.2, 0.25) is 0 Å². The fourth-order valence-corrected chi connectivity index (χ4v) is 1.07. The summed E-state index contributed by atoms with van der Waals surface area (Å²) in [6.45, 7) is 3.65. The highest BCUT2D eigenvalue weighted by Gasteiger charge is 2.00. The molecular weight excluding hydrogens is 194 g/mol. The van der Waals surface area contributed by atoms with Crippen molar-refractivity contribution in [3.63, 3.8) is 0 Å². The maximum Gasteiger partial charge on any atom is 0.119 e. The van der Waals surface area contributed by atoms with E-state index in [0.29, 0.717) is 11.5 Å². The summed E-state index contributed by atoms with van der Waals surface area (Å²) in [5, 5.41) is 20.7. The number of benzene rings is 1. The molecule has 0 aliphatic heterocycles. The first-order valence-electron chi connectivity index (χ1n) is 4.73. The summed E-state index contributed by atoms with van der Waals surface area (Å²) in [5.41, 5.74) is 1.39. The minimum atomic E-state index is -0.481. The Balaban J connectivity index is 2.64. The number of aliphatic hydroxyl groups is 1. The van der Waals surface area contributed by atoms with E-state index < -0.39 is 6.10 Å². The number of aliphatic hydroxyl groups excluding tert-OH is 1. The SMILES string of the molecule is CC(=NO)c1ccc(OCC(C)O)cc1. The second-order valence-corrected chi connectivity index (χ2v) is 3.37. The highest BCUT2D eigenvalue weighted by molar-refractivity contribution is 5.98. The van der Waals surface area contributed by atoms with Gasteiger partial charge in [0.05, 0.1) is 11.8 Å². The Morgan fingerprint density at radius 1 is 1.40 bits per heavy atom. The minimum absolute atomic E-state index is 0.270. The van der Waals surface area contributed by atoms with Crippen LogP contribution in [-0.2, 0) is 0 Å². The monoisotopic (exact) mass is 209 g/mol. The molecule has 1 aromatic rings. The number of ether oxygens (including phenoxy) is 1. The van der Waals surface area contributed by atoms with Crippen molar-refractivity contribution < 1.29 is 15.1 Å². The highest BCUT2D eigenvalue weighted by Crippen LogP contribution is 2.13. The average molecular weight is 209 g/mol. The maximum atomic E-state index is 9.02. The Morgan fingerprint density at radius 3 is 2.47 bits per heavy atom. The molecule has 0 amide bonds. The third-order valence-electron chi connectivity index (χ3n) is 1.91. The normalized spacial score (nSPS) is 13.7. The molecular formula is C11H15NO3. The van der Waals surface area contributed by atoms with Gasteiger partial charge in [0.25, 0.3) is 0 Å². The molecule has 0 saturated carbocycles. The van der Waals surface area contributed by atoms with Crippen molar-refractivity contribution >= 4 is 5.71 Å². The average Bonchev–Trinajstić information content (AvgIpc) is 2.26. The van der Waals surface area contributed by atoms with Gasteiger partial charge in [-0.1, -0.05) is 5.16 Å². The van der Waals surface area contributed by atoms with Gasteiger partial charge >= 0.3 is 0 Å². The summed E-state index contributed by atoms with van der Waals surface area (Å²) in [4.78, 5) is 0. The van der Waals surface area contributed by atoms with Crippen LogP contribution < -0.4 is 4.74 Å². The second kappa shape index (κ2) is 5.36. The van der Waals surface area contributed by atoms with Gasteiger partial charge in [0.15, 0.2) is 0 Å². The molecule has 4 nitrogen and oxygen atoms in total. The van der Waals surface area contributed by atoms with E-state index in [0.717, 1.165) is 5.56 Å². The standard InChI is InChI=1S/C11H15NO3/c1-8(13)7-15-11-5-3-10(4-6-11)9(2)12-14/h3-6,8,13-14H,7H2,1-2H3. The first-order valence-corrected chi connectivity index (χ1v) is 4.73. The molecule has 0 radical (unpaired) electrons. The fourth-order valence-electron chi connectivity index (χ4n) is 1.07. The molecule has 0 aliphatic rings. The lowest BCUT2D eigenvalue weighted by atomic mass is 10.1. The van der Waals surface area contributed by atoms with E-state index in [-0.39, 0.29) is 6.61 Å². The molecule has 0 fully saturated rings. The van der Waals surface area contributed by atoms with Crippen LogP contribution in [-0.4, -0.2) is 28.7 Å². The van der Waals surface area contributed by atoms with E-state index in [4.69, 9.17) is 15.1 Å². The smallest absolute Gasteiger partial charge is 0.119 e. The summed E-state index contributed by atoms with van der Waals surface area (Å²) in [7, 11) is 0. The first-order chi connectivity index (χ1) is 7.13. The molecule has 2 N–H and O–H groups in total. The second-order valence-electron chi connectivity index (χ2n) is 3.37. The zero-order valence-electron chi connectivity index (χ0n) is 8.84. The predicted molar refractivity (Wildman–Crippen MR) is 57.6 cm³/mol. The van der Waals surface area contributed by atoms with E-state index in [1.165, 1.54) is 0 Å². The number of oxime groups is 1. The van der Waals surface area contributed by atoms with Crippen molar-refractivity contribution in [1.29, 1.82) is 0 Å². The number of nitrogens with zero attached hydrogens (tertiary/aromatic N) is 1. The first kappa shape index (κ1) is 11.5. The largest absolute Gasteiger partial charge is 0.491 e. The molecule has 4 heteroatoms. The summed E-state index contributed by atoms with van der Waals surface area (Å²) >= 11 is 0. The Bertz CT molecular complexity index is 330. The summed E-state index contributed by atoms with van der Waals surface area (Å²) in [5.74, 6) is 0.686. The third-order valence-corrected chi connectivity index (χ3v) is 1.91. The molecule has 15 heavy (non-hydrogen) atoms. The molecule has 0 heterocycles. The van der Waals surface area contributed by atoms with Gasteiger partial charge in [0.2, 0.25) is 0 Å². The van der Waals surface area contributed by atoms with E-state index in [1.807, 2.05) is 0 Å². The molecule has 0 bridgehead atoms. The predicted octanol–water partition coefficient (Wildman–Crippen LogP) is 1.64. The van der Waals surface area contributed by atoms with Gasteiger partial charge in [-0.3, -0.25) is 0 Å². The van der Waals surface area contributed by atoms with Gasteiger partial charge in [-0.25, -0.2) is 0 Å². The summed E-state index contributed by atoms with van der Waals surface area (Å²) < 4.78 is 5.28. The summed E-state index contributed by atoms with van der Waals surface area (Å²) in [6, 6.07) is 7.14. The van der Waals surface area contributed by atoms with Crippen molar-refractivity contribution in [1.82, 2.24) is 0 Å². The van der Waals surface area contributed by atoms with Crippen LogP contribution in [0.1, 0.15) is 19.4 Å². The minimum Gasteiger partial charge on any atom is -0.491 e. The third kappa shape index (κ3) is 3.59. The molecule has 1 rings (SSSR count). The summed E-state index contributed by atoms with van der Waals surface area (Å²) in [6.07, 6.45) is -0.481. The van der Waals surface area contributed by atoms with Gasteiger partial charge in [0, 0.05) is 0 Å². The Kier molecular flexibility index (Phi) is 4.12. The van der Waals surface area contributed by atoms with Gasteiger partial charge in [-0.05, 0) is 43.7 Å². The zero-order chi connectivity index (χ0) is 11.3. The van der Waals surface area contributed by atoms with Gasteiger partial charge in [-0.2, -0.15) is 0 Å². The lowest BCUT2D eigenvalue weighted by molar-refractivity contribution is 0.123. The molecule has 1 atom stereocenters. The lowest BCUT2D eigenvalue weighted by Gasteiger charge is -2.08. The van der Waals surface area contributed by atoms with E-state index in [1.54, 1.807) is 38.1 Å². The maximum absolute atomic E-state index is 9.02. The van der Waals surface area contributed by atoms with Crippen LogP contribution in [0.15, 0.2) is 29.4 Å². The van der Waals surface area contributed by atoms with Crippen molar-refractivity contribution in [2.75, 3.05) is 6.61 Å². The van der Waals surface area contributed by atoms with Crippen molar-refractivity contribution in [2.24, 2.45) is 5.16 Å². The quantitative estimate of drug-likeness (QED) is 0.450. The molecule has 0 aliphatic carbocycles. The number of rotatable bonds is 4. The fraction of sp³-hybridized carbons (Fsp3) is 0.364. The zero-order valence-corrected chi connectivity index (χ0v) is 8.84. The van der Waals surface area contributed by atoms with Crippen LogP contribution in [0.5, 0.6) is 5.75 Å². The van der Waals surface area contributed by atoms with Crippen molar-refractivity contribution in [3.8, 4) is 5.75 Å². The lowest BCUT2D eigenvalue weighted by Crippen LogP contribution is -2.12. The van der Waals surface area contributed by atoms with Crippen LogP contribution in [0.25, 0.3) is 0 Å². The van der Waals surface area contributed by atoms with Crippen LogP contribution >= 0.6 is 0 Å². The molecule has 1 aromatic carbocycles. The Morgan fingerprint density at radius 2 is 2.00 bits per heavy atom. The molecule has 1 unspecified atom stereocenters. The van der Waals surface area contributed by atoms with Gasteiger partial charge in [0.1, 0.15) is 12.4 Å². The topological polar surface area (TPSA) is 62.1 Å². The van der Waals surface area contributed by atoms with Crippen molar-refractivity contribution in [2.45, 2.75) is 20.0 Å². The van der Waals surface area contributed by atoms with Gasteiger partial charge in [-0.15, -0.1) is 0 Å². The van der Waals surface area contributed by atoms with Crippen molar-refractivity contribution in [3.05, 3.63) is 29.8 Å². The van der Waals surface area contributed by atoms with E-state index in [2.05, 4.69) is 5.16 Å². The molecule has 0 saturated heterocycles. The van der Waals surface area contributed by atoms with Gasteiger partial charge < -0.3 is 15.1 Å². The number of hydrogen-bond donors (Lipinski definition) is 2. The Labute approximate surface area is 88.8 Å². The van der Waals surface area contributed by atoms with Crippen LogP contribution in [0.4, 0.5) is 0 Å². The molecule has 0 aromatic heterocycles. The molecule has 0 spiro atoms. The van der Waals surface area contributed by atoms with Crippen LogP contribution in [0, 0.1) is 0 Å². The highest BCUT2D eigenvalue weighted by atomic mass is 16.5. The van der Waals surface area contributed by atoms with E-state index >= 15 is 0 Å². The number of hydrogen-bond acceptors (Lipinski definition) is 4. The van der Waals surface area contributed by atoms with E-state index in [9.17, 15) is 0 Å². The molecule has 82 valence electrons. The Hall–Kier alpha value is -1.55.